The van der Waals surface area contributed by atoms with Crippen LogP contribution in [0.4, 0.5) is 0 Å². The van der Waals surface area contributed by atoms with Crippen LogP contribution in [0.5, 0.6) is 0 Å². The van der Waals surface area contributed by atoms with Gasteiger partial charge in [-0.3, -0.25) is 0 Å². The molecule has 0 nitrogen and oxygen atoms in total. The first-order chi connectivity index (χ1) is 4.56. The molecule has 1 heteroatoms. The molecular formula is C9H21P. The maximum atomic E-state index is 2.33. The molecule has 10 heavy (non-hydrogen) atoms. The molecule has 0 amide bonds. The molecule has 0 heterocycles. The molecule has 1 unspecified atom stereocenters. The Hall–Kier alpha value is 0.430. The van der Waals surface area contributed by atoms with Gasteiger partial charge in [-0.05, 0) is 17.7 Å². The van der Waals surface area contributed by atoms with Crippen molar-refractivity contribution in [3.05, 3.63) is 0 Å². The zero-order valence-corrected chi connectivity index (χ0v) is 8.83. The Morgan fingerprint density at radius 1 is 1.10 bits per heavy atom. The molecule has 0 saturated heterocycles. The van der Waals surface area contributed by atoms with Gasteiger partial charge in [-0.25, -0.2) is 0 Å². The van der Waals surface area contributed by atoms with Crippen LogP contribution in [0.2, 0.25) is 0 Å². The van der Waals surface area contributed by atoms with Crippen molar-refractivity contribution >= 4 is 8.58 Å². The van der Waals surface area contributed by atoms with E-state index in [4.69, 9.17) is 0 Å². The zero-order chi connectivity index (χ0) is 8.04. The lowest BCUT2D eigenvalue weighted by Gasteiger charge is -2.17. The van der Waals surface area contributed by atoms with Gasteiger partial charge in [0.05, 0.1) is 0 Å². The monoisotopic (exact) mass is 160 g/mol. The smallest absolute Gasteiger partial charge is 0.0207 e. The summed E-state index contributed by atoms with van der Waals surface area (Å²) in [4.78, 5) is 0. The molecule has 0 aliphatic carbocycles. The van der Waals surface area contributed by atoms with Crippen molar-refractivity contribution in [3.63, 3.8) is 0 Å². The number of hydrogen-bond donors (Lipinski definition) is 0. The molecule has 0 aromatic carbocycles. The van der Waals surface area contributed by atoms with Gasteiger partial charge >= 0.3 is 0 Å². The van der Waals surface area contributed by atoms with Crippen LogP contribution >= 0.6 is 8.58 Å². The van der Waals surface area contributed by atoms with Gasteiger partial charge in [0.2, 0.25) is 0 Å². The van der Waals surface area contributed by atoms with Crippen molar-refractivity contribution in [2.24, 2.45) is 0 Å². The second-order valence-electron chi connectivity index (χ2n) is 3.88. The molecule has 0 bridgehead atoms. The summed E-state index contributed by atoms with van der Waals surface area (Å²) in [5, 5.41) is 0.577. The summed E-state index contributed by atoms with van der Waals surface area (Å²) >= 11 is 0. The average Bonchev–Trinajstić information content (AvgIpc) is 1.78. The van der Waals surface area contributed by atoms with Crippen LogP contribution < -0.4 is 0 Å². The molecule has 0 spiro atoms. The fraction of sp³-hybridized carbons (Fsp3) is 1.00. The molecule has 0 N–H and O–H groups in total. The lowest BCUT2D eigenvalue weighted by molar-refractivity contribution is 0.755. The molecule has 62 valence electrons. The Morgan fingerprint density at radius 2 is 1.70 bits per heavy atom. The Kier molecular flexibility index (Phi) is 5.35. The fourth-order valence-corrected chi connectivity index (χ4v) is 2.02. The minimum atomic E-state index is 0.577. The van der Waals surface area contributed by atoms with E-state index >= 15 is 0 Å². The van der Waals surface area contributed by atoms with Crippen LogP contribution in [-0.2, 0) is 0 Å². The first kappa shape index (κ1) is 10.4. The van der Waals surface area contributed by atoms with Gasteiger partial charge in [0.25, 0.3) is 0 Å². The van der Waals surface area contributed by atoms with Crippen LogP contribution in [0.15, 0.2) is 0 Å². The van der Waals surface area contributed by atoms with Crippen molar-refractivity contribution < 1.29 is 0 Å². The second-order valence-corrected chi connectivity index (χ2v) is 6.24. The van der Waals surface area contributed by atoms with E-state index in [1.165, 1.54) is 25.4 Å². The van der Waals surface area contributed by atoms with E-state index in [0.717, 1.165) is 8.58 Å². The Morgan fingerprint density at radius 3 is 2.10 bits per heavy atom. The highest BCUT2D eigenvalue weighted by Crippen LogP contribution is 2.30. The third kappa shape index (κ3) is 8.43. The number of rotatable bonds is 4. The van der Waals surface area contributed by atoms with Crippen molar-refractivity contribution in [1.82, 2.24) is 0 Å². The van der Waals surface area contributed by atoms with Gasteiger partial charge in [0, 0.05) is 0 Å². The first-order valence-electron chi connectivity index (χ1n) is 4.31. The maximum absolute atomic E-state index is 2.33. The van der Waals surface area contributed by atoms with Crippen molar-refractivity contribution in [1.29, 1.82) is 0 Å². The van der Waals surface area contributed by atoms with Crippen LogP contribution in [0, 0.1) is 0 Å². The Labute approximate surface area is 67.6 Å². The van der Waals surface area contributed by atoms with Gasteiger partial charge in [-0.15, -0.1) is 8.58 Å². The van der Waals surface area contributed by atoms with Gasteiger partial charge < -0.3 is 0 Å². The standard InChI is InChI=1S/C9H21P/c1-5-6-7-8-10-9(2,3)4/h10H,5-8H2,1-4H3. The third-order valence-corrected chi connectivity index (χ3v) is 3.10. The number of hydrogen-bond acceptors (Lipinski definition) is 0. The fourth-order valence-electron chi connectivity index (χ4n) is 0.838. The van der Waals surface area contributed by atoms with Crippen LogP contribution in [-0.4, -0.2) is 11.3 Å². The topological polar surface area (TPSA) is 0 Å². The highest BCUT2D eigenvalue weighted by molar-refractivity contribution is 7.39. The molecular weight excluding hydrogens is 139 g/mol. The summed E-state index contributed by atoms with van der Waals surface area (Å²) in [6.45, 7) is 9.26. The SMILES string of the molecule is CCCCCPC(C)(C)C. The normalized spacial score (nSPS) is 13.2. The quantitative estimate of drug-likeness (QED) is 0.435. The predicted molar refractivity (Wildman–Crippen MR) is 52.5 cm³/mol. The first-order valence-corrected chi connectivity index (χ1v) is 5.52. The van der Waals surface area contributed by atoms with Crippen molar-refractivity contribution in [2.45, 2.75) is 52.1 Å². The lowest BCUT2D eigenvalue weighted by Crippen LogP contribution is -2.05. The van der Waals surface area contributed by atoms with Gasteiger partial charge in [0.1, 0.15) is 0 Å². The van der Waals surface area contributed by atoms with E-state index in [-0.39, 0.29) is 0 Å². The van der Waals surface area contributed by atoms with Gasteiger partial charge in [-0.1, -0.05) is 40.5 Å². The van der Waals surface area contributed by atoms with Gasteiger partial charge in [0.15, 0.2) is 0 Å². The minimum absolute atomic E-state index is 0.577. The molecule has 0 aromatic rings. The maximum Gasteiger partial charge on any atom is -0.0207 e. The van der Waals surface area contributed by atoms with Crippen LogP contribution in [0.3, 0.4) is 0 Å². The lowest BCUT2D eigenvalue weighted by atomic mass is 10.3. The highest BCUT2D eigenvalue weighted by atomic mass is 31.1. The molecule has 0 aliphatic heterocycles. The molecule has 0 saturated carbocycles. The minimum Gasteiger partial charge on any atom is -0.117 e. The molecule has 0 rings (SSSR count). The van der Waals surface area contributed by atoms with Crippen molar-refractivity contribution in [3.8, 4) is 0 Å². The Bertz CT molecular complexity index is 71.3. The Balaban J connectivity index is 3.04. The summed E-state index contributed by atoms with van der Waals surface area (Å²) in [7, 11) is 1.15. The molecule has 0 radical (unpaired) electrons. The largest absolute Gasteiger partial charge is 0.117 e. The molecule has 0 aromatic heterocycles. The second kappa shape index (κ2) is 5.13. The van der Waals surface area contributed by atoms with E-state index in [0.29, 0.717) is 5.16 Å². The van der Waals surface area contributed by atoms with Crippen LogP contribution in [0.1, 0.15) is 47.0 Å². The molecule has 0 fully saturated rings. The molecule has 1 atom stereocenters. The average molecular weight is 160 g/mol. The van der Waals surface area contributed by atoms with E-state index in [1.54, 1.807) is 0 Å². The summed E-state index contributed by atoms with van der Waals surface area (Å²) in [5.74, 6) is 0. The summed E-state index contributed by atoms with van der Waals surface area (Å²) in [6, 6.07) is 0. The van der Waals surface area contributed by atoms with Gasteiger partial charge in [-0.2, -0.15) is 0 Å². The highest BCUT2D eigenvalue weighted by Gasteiger charge is 2.07. The van der Waals surface area contributed by atoms with E-state index < -0.39 is 0 Å². The van der Waals surface area contributed by atoms with E-state index in [9.17, 15) is 0 Å². The predicted octanol–water partition coefficient (Wildman–Crippen LogP) is 3.65. The zero-order valence-electron chi connectivity index (χ0n) is 7.83. The third-order valence-electron chi connectivity index (χ3n) is 1.44. The molecule has 0 aliphatic rings. The van der Waals surface area contributed by atoms with E-state index in [2.05, 4.69) is 27.7 Å². The summed E-state index contributed by atoms with van der Waals surface area (Å²) < 4.78 is 0. The number of unbranched alkanes of at least 4 members (excludes halogenated alkanes) is 2. The summed E-state index contributed by atoms with van der Waals surface area (Å²) in [5.41, 5.74) is 0. The summed E-state index contributed by atoms with van der Waals surface area (Å²) in [6.07, 6.45) is 5.65. The van der Waals surface area contributed by atoms with Crippen molar-refractivity contribution in [2.75, 3.05) is 6.16 Å². The van der Waals surface area contributed by atoms with E-state index in [1.807, 2.05) is 0 Å². The van der Waals surface area contributed by atoms with Crippen LogP contribution in [0.25, 0.3) is 0 Å².